The van der Waals surface area contributed by atoms with Crippen molar-refractivity contribution >= 4 is 29.5 Å². The fraction of sp³-hybridized carbons (Fsp3) is 0.565. The number of nitrogens with one attached hydrogen (secondary N) is 2. The third-order valence-electron chi connectivity index (χ3n) is 6.22. The molecular formula is C23H31N3O5. The Morgan fingerprint density at radius 2 is 1.84 bits per heavy atom. The van der Waals surface area contributed by atoms with Crippen molar-refractivity contribution < 1.29 is 23.9 Å². The predicted molar refractivity (Wildman–Crippen MR) is 115 cm³/mol. The minimum absolute atomic E-state index is 0.313. The third kappa shape index (κ3) is 5.24. The van der Waals surface area contributed by atoms with Crippen molar-refractivity contribution in [2.45, 2.75) is 64.3 Å². The highest BCUT2D eigenvalue weighted by molar-refractivity contribution is 6.10. The Hall–Kier alpha value is -2.90. The van der Waals surface area contributed by atoms with Crippen LogP contribution in [0, 0.1) is 5.92 Å². The number of imide groups is 1. The zero-order chi connectivity index (χ0) is 22.4. The summed E-state index contributed by atoms with van der Waals surface area (Å²) in [6.07, 6.45) is 5.85. The van der Waals surface area contributed by atoms with E-state index in [9.17, 15) is 19.2 Å². The lowest BCUT2D eigenvalue weighted by atomic mass is 9.75. The van der Waals surface area contributed by atoms with Gasteiger partial charge >= 0.3 is 12.0 Å². The lowest BCUT2D eigenvalue weighted by Crippen LogP contribution is -2.49. The minimum Gasteiger partial charge on any atom is -0.462 e. The number of anilines is 1. The predicted octanol–water partition coefficient (Wildman–Crippen LogP) is 3.47. The number of hydrogen-bond donors (Lipinski definition) is 2. The van der Waals surface area contributed by atoms with Crippen molar-refractivity contribution in [3.8, 4) is 0 Å². The average molecular weight is 430 g/mol. The lowest BCUT2D eigenvalue weighted by molar-refractivity contribution is -0.135. The van der Waals surface area contributed by atoms with Gasteiger partial charge in [0.05, 0.1) is 12.2 Å². The molecule has 1 aromatic rings. The second-order valence-electron chi connectivity index (χ2n) is 8.37. The number of esters is 1. The zero-order valence-corrected chi connectivity index (χ0v) is 18.2. The van der Waals surface area contributed by atoms with E-state index in [1.807, 2.05) is 6.92 Å². The summed E-state index contributed by atoms with van der Waals surface area (Å²) in [7, 11) is 0. The summed E-state index contributed by atoms with van der Waals surface area (Å²) in [4.78, 5) is 50.7. The molecule has 4 amide bonds. The summed E-state index contributed by atoms with van der Waals surface area (Å²) in [5.74, 6) is -0.609. The van der Waals surface area contributed by atoms with Crippen LogP contribution < -0.4 is 10.6 Å². The molecule has 0 atom stereocenters. The highest BCUT2D eigenvalue weighted by atomic mass is 16.5. The van der Waals surface area contributed by atoms with Gasteiger partial charge in [-0.15, -0.1) is 0 Å². The normalized spacial score (nSPS) is 23.0. The maximum absolute atomic E-state index is 12.9. The summed E-state index contributed by atoms with van der Waals surface area (Å²) >= 11 is 0. The van der Waals surface area contributed by atoms with Gasteiger partial charge in [0.15, 0.2) is 0 Å². The van der Waals surface area contributed by atoms with Gasteiger partial charge < -0.3 is 15.4 Å². The molecule has 0 radical (unpaired) electrons. The molecule has 1 saturated heterocycles. The fourth-order valence-corrected chi connectivity index (χ4v) is 4.16. The van der Waals surface area contributed by atoms with Gasteiger partial charge in [0.2, 0.25) is 5.91 Å². The number of hydrogen-bond acceptors (Lipinski definition) is 5. The van der Waals surface area contributed by atoms with Gasteiger partial charge in [0.25, 0.3) is 5.91 Å². The molecular weight excluding hydrogens is 398 g/mol. The SMILES string of the molecule is CCCCOC(=O)c1ccc(NC(=O)CN2C(=O)NC3(CCC(CC)CC3)C2=O)cc1. The van der Waals surface area contributed by atoms with Gasteiger partial charge in [-0.05, 0) is 62.3 Å². The average Bonchev–Trinajstić information content (AvgIpc) is 2.99. The highest BCUT2D eigenvalue weighted by Gasteiger charge is 2.52. The largest absolute Gasteiger partial charge is 0.462 e. The quantitative estimate of drug-likeness (QED) is 0.374. The standard InChI is InChI=1S/C23H31N3O5/c1-3-5-14-31-20(28)17-6-8-18(9-7-17)24-19(27)15-26-21(29)23(25-22(26)30)12-10-16(4-2)11-13-23/h6-9,16H,3-5,10-15H2,1-2H3,(H,24,27)(H,25,30). The molecule has 2 fully saturated rings. The molecule has 8 nitrogen and oxygen atoms in total. The van der Waals surface area contributed by atoms with E-state index in [0.717, 1.165) is 37.0 Å². The summed E-state index contributed by atoms with van der Waals surface area (Å²) in [6, 6.07) is 5.80. The highest BCUT2D eigenvalue weighted by Crippen LogP contribution is 2.37. The van der Waals surface area contributed by atoms with Crippen LogP contribution in [0.3, 0.4) is 0 Å². The molecule has 31 heavy (non-hydrogen) atoms. The third-order valence-corrected chi connectivity index (χ3v) is 6.22. The number of urea groups is 1. The maximum Gasteiger partial charge on any atom is 0.338 e. The Morgan fingerprint density at radius 1 is 1.16 bits per heavy atom. The summed E-state index contributed by atoms with van der Waals surface area (Å²) in [6.45, 7) is 4.18. The molecule has 3 rings (SSSR count). The summed E-state index contributed by atoms with van der Waals surface area (Å²) in [5, 5.41) is 5.50. The molecule has 0 unspecified atom stereocenters. The number of benzene rings is 1. The van der Waals surface area contributed by atoms with Gasteiger partial charge in [-0.3, -0.25) is 14.5 Å². The van der Waals surface area contributed by atoms with Crippen LogP contribution in [0.25, 0.3) is 0 Å². The molecule has 1 saturated carbocycles. The zero-order valence-electron chi connectivity index (χ0n) is 18.2. The molecule has 1 aromatic carbocycles. The molecule has 1 heterocycles. The van der Waals surface area contributed by atoms with Crippen LogP contribution in [-0.4, -0.2) is 47.4 Å². The number of carbonyl (C=O) groups excluding carboxylic acids is 4. The first-order valence-corrected chi connectivity index (χ1v) is 11.1. The molecule has 0 aromatic heterocycles. The van der Waals surface area contributed by atoms with E-state index in [2.05, 4.69) is 17.6 Å². The van der Waals surface area contributed by atoms with E-state index in [0.29, 0.717) is 36.6 Å². The second-order valence-corrected chi connectivity index (χ2v) is 8.37. The topological polar surface area (TPSA) is 105 Å². The van der Waals surface area contributed by atoms with Crippen molar-refractivity contribution in [1.29, 1.82) is 0 Å². The molecule has 0 bridgehead atoms. The molecule has 2 N–H and O–H groups in total. The van der Waals surface area contributed by atoms with E-state index in [-0.39, 0.29) is 12.5 Å². The van der Waals surface area contributed by atoms with Crippen LogP contribution in [0.2, 0.25) is 0 Å². The Morgan fingerprint density at radius 3 is 2.45 bits per heavy atom. The monoisotopic (exact) mass is 429 g/mol. The Bertz CT molecular complexity index is 828. The Balaban J connectivity index is 1.54. The van der Waals surface area contributed by atoms with E-state index in [1.54, 1.807) is 24.3 Å². The van der Waals surface area contributed by atoms with Crippen LogP contribution in [0.1, 0.15) is 69.2 Å². The first-order valence-electron chi connectivity index (χ1n) is 11.1. The number of carbonyl (C=O) groups is 4. The fourth-order valence-electron chi connectivity index (χ4n) is 4.16. The van der Waals surface area contributed by atoms with Crippen LogP contribution in [-0.2, 0) is 14.3 Å². The Labute approximate surface area is 182 Å². The van der Waals surface area contributed by atoms with E-state index in [4.69, 9.17) is 4.74 Å². The number of rotatable bonds is 8. The van der Waals surface area contributed by atoms with Gasteiger partial charge in [0.1, 0.15) is 12.1 Å². The van der Waals surface area contributed by atoms with Crippen LogP contribution in [0.5, 0.6) is 0 Å². The molecule has 1 spiro atoms. The van der Waals surface area contributed by atoms with Crippen molar-refractivity contribution in [1.82, 2.24) is 10.2 Å². The summed E-state index contributed by atoms with van der Waals surface area (Å²) in [5.41, 5.74) is 0.0103. The van der Waals surface area contributed by atoms with Gasteiger partial charge in [-0.1, -0.05) is 26.7 Å². The number of ether oxygens (including phenoxy) is 1. The molecule has 168 valence electrons. The van der Waals surface area contributed by atoms with Gasteiger partial charge in [-0.25, -0.2) is 9.59 Å². The molecule has 8 heteroatoms. The van der Waals surface area contributed by atoms with Crippen molar-refractivity contribution in [2.75, 3.05) is 18.5 Å². The number of nitrogens with zero attached hydrogens (tertiary/aromatic N) is 1. The lowest BCUT2D eigenvalue weighted by Gasteiger charge is -2.34. The first kappa shape index (κ1) is 22.8. The summed E-state index contributed by atoms with van der Waals surface area (Å²) < 4.78 is 5.16. The van der Waals surface area contributed by atoms with E-state index < -0.39 is 23.4 Å². The maximum atomic E-state index is 12.9. The van der Waals surface area contributed by atoms with Crippen molar-refractivity contribution in [3.05, 3.63) is 29.8 Å². The minimum atomic E-state index is -0.858. The number of unbranched alkanes of at least 4 members (excludes halogenated alkanes) is 1. The molecule has 1 aliphatic heterocycles. The van der Waals surface area contributed by atoms with Crippen LogP contribution in [0.4, 0.5) is 10.5 Å². The first-order chi connectivity index (χ1) is 14.9. The smallest absolute Gasteiger partial charge is 0.338 e. The van der Waals surface area contributed by atoms with Crippen molar-refractivity contribution in [3.63, 3.8) is 0 Å². The number of amides is 4. The van der Waals surface area contributed by atoms with E-state index in [1.165, 1.54) is 0 Å². The Kier molecular flexibility index (Phi) is 7.30. The van der Waals surface area contributed by atoms with Gasteiger partial charge in [-0.2, -0.15) is 0 Å². The molecule has 2 aliphatic rings. The van der Waals surface area contributed by atoms with Crippen molar-refractivity contribution in [2.24, 2.45) is 5.92 Å². The van der Waals surface area contributed by atoms with E-state index >= 15 is 0 Å². The van der Waals surface area contributed by atoms with Crippen LogP contribution in [0.15, 0.2) is 24.3 Å². The molecule has 1 aliphatic carbocycles. The van der Waals surface area contributed by atoms with Gasteiger partial charge in [0, 0.05) is 5.69 Å². The van der Waals surface area contributed by atoms with Crippen LogP contribution >= 0.6 is 0 Å². The second kappa shape index (κ2) is 9.94.